The van der Waals surface area contributed by atoms with Crippen LogP contribution in [0.2, 0.25) is 0 Å². The molecule has 21 heavy (non-hydrogen) atoms. The van der Waals surface area contributed by atoms with Crippen molar-refractivity contribution in [3.05, 3.63) is 72.3 Å². The van der Waals surface area contributed by atoms with Gasteiger partial charge >= 0.3 is 0 Å². The maximum Gasteiger partial charge on any atom is 0.115 e. The van der Waals surface area contributed by atoms with Crippen molar-refractivity contribution in [2.45, 2.75) is 6.92 Å². The van der Waals surface area contributed by atoms with Crippen molar-refractivity contribution in [2.24, 2.45) is 0 Å². The van der Waals surface area contributed by atoms with Crippen molar-refractivity contribution in [1.82, 2.24) is 0 Å². The number of hydrogen-bond acceptors (Lipinski definition) is 2. The normalized spacial score (nSPS) is 10.5. The smallest absolute Gasteiger partial charge is 0.115 e. The third kappa shape index (κ3) is 2.61. The highest BCUT2D eigenvalue weighted by atomic mass is 16.3. The van der Waals surface area contributed by atoms with E-state index >= 15 is 0 Å². The lowest BCUT2D eigenvalue weighted by Crippen LogP contribution is -1.89. The van der Waals surface area contributed by atoms with Gasteiger partial charge in [-0.1, -0.05) is 36.4 Å². The molecule has 0 saturated heterocycles. The van der Waals surface area contributed by atoms with Crippen LogP contribution >= 0.6 is 0 Å². The minimum Gasteiger partial charge on any atom is -0.508 e. The molecule has 1 radical (unpaired) electrons. The molecule has 2 N–H and O–H groups in total. The molecule has 0 fully saturated rings. The number of aromatic hydroxyl groups is 2. The summed E-state index contributed by atoms with van der Waals surface area (Å²) in [6, 6.07) is 21.5. The molecule has 2 heteroatoms. The Morgan fingerprint density at radius 1 is 0.714 bits per heavy atom. The van der Waals surface area contributed by atoms with Gasteiger partial charge in [0.25, 0.3) is 0 Å². The number of hydrogen-bond donors (Lipinski definition) is 2. The fraction of sp³-hybridized carbons (Fsp3) is 0.0526. The summed E-state index contributed by atoms with van der Waals surface area (Å²) < 4.78 is 0. The second-order valence-electron chi connectivity index (χ2n) is 5.00. The number of rotatable bonds is 2. The lowest BCUT2D eigenvalue weighted by molar-refractivity contribution is 0.475. The zero-order chi connectivity index (χ0) is 14.8. The topological polar surface area (TPSA) is 40.5 Å². The van der Waals surface area contributed by atoms with Crippen LogP contribution in [0.15, 0.2) is 60.7 Å². The second kappa shape index (κ2) is 5.33. The summed E-state index contributed by atoms with van der Waals surface area (Å²) in [5, 5.41) is 18.9. The van der Waals surface area contributed by atoms with E-state index in [4.69, 9.17) is 0 Å². The predicted octanol–water partition coefficient (Wildman–Crippen LogP) is 4.54. The summed E-state index contributed by atoms with van der Waals surface area (Å²) in [5.74, 6) is 0.500. The summed E-state index contributed by atoms with van der Waals surface area (Å²) in [7, 11) is 0. The van der Waals surface area contributed by atoms with Crippen LogP contribution < -0.4 is 0 Å². The van der Waals surface area contributed by atoms with Gasteiger partial charge in [-0.3, -0.25) is 0 Å². The van der Waals surface area contributed by atoms with Crippen LogP contribution in [0.5, 0.6) is 11.5 Å². The van der Waals surface area contributed by atoms with Gasteiger partial charge in [0.05, 0.1) is 0 Å². The quantitative estimate of drug-likeness (QED) is 0.720. The van der Waals surface area contributed by atoms with Gasteiger partial charge in [-0.05, 0) is 65.1 Å². The first-order valence-corrected chi connectivity index (χ1v) is 6.75. The molecule has 0 saturated carbocycles. The molecule has 0 spiro atoms. The Labute approximate surface area is 123 Å². The molecule has 3 aromatic rings. The lowest BCUT2D eigenvalue weighted by atomic mass is 9.91. The summed E-state index contributed by atoms with van der Waals surface area (Å²) in [4.78, 5) is 0. The van der Waals surface area contributed by atoms with Crippen molar-refractivity contribution in [3.8, 4) is 33.8 Å². The maximum atomic E-state index is 9.45. The van der Waals surface area contributed by atoms with Gasteiger partial charge in [-0.2, -0.15) is 0 Å². The van der Waals surface area contributed by atoms with Gasteiger partial charge in [0.1, 0.15) is 11.5 Å². The first-order chi connectivity index (χ1) is 10.1. The van der Waals surface area contributed by atoms with E-state index < -0.39 is 0 Å². The van der Waals surface area contributed by atoms with Crippen LogP contribution in [0.4, 0.5) is 0 Å². The fourth-order valence-electron chi connectivity index (χ4n) is 2.46. The van der Waals surface area contributed by atoms with E-state index in [1.807, 2.05) is 36.4 Å². The molecule has 0 unspecified atom stereocenters. The Morgan fingerprint density at radius 3 is 1.81 bits per heavy atom. The SMILES string of the molecule is Cc1cc[c]c(-c2ccc(O)cc2)c1-c1ccc(O)cc1. The van der Waals surface area contributed by atoms with E-state index in [-0.39, 0.29) is 11.5 Å². The van der Waals surface area contributed by atoms with Crippen LogP contribution in [0.1, 0.15) is 5.56 Å². The molecular formula is C19H15O2. The van der Waals surface area contributed by atoms with Crippen LogP contribution in [-0.4, -0.2) is 10.2 Å². The van der Waals surface area contributed by atoms with Gasteiger partial charge in [0, 0.05) is 0 Å². The Kier molecular flexibility index (Phi) is 3.36. The molecule has 0 heterocycles. The van der Waals surface area contributed by atoms with E-state index in [2.05, 4.69) is 13.0 Å². The molecule has 3 aromatic carbocycles. The first-order valence-electron chi connectivity index (χ1n) is 6.75. The Bertz CT molecular complexity index is 757. The van der Waals surface area contributed by atoms with Crippen LogP contribution in [-0.2, 0) is 0 Å². The molecule has 2 nitrogen and oxygen atoms in total. The van der Waals surface area contributed by atoms with Crippen LogP contribution in [0, 0.1) is 13.0 Å². The summed E-state index contributed by atoms with van der Waals surface area (Å²) in [6.07, 6.45) is 0. The number of phenols is 2. The van der Waals surface area contributed by atoms with Crippen molar-refractivity contribution >= 4 is 0 Å². The highest BCUT2D eigenvalue weighted by molar-refractivity contribution is 5.85. The Balaban J connectivity index is 2.20. The van der Waals surface area contributed by atoms with E-state index in [1.54, 1.807) is 24.3 Å². The van der Waals surface area contributed by atoms with E-state index in [0.29, 0.717) is 0 Å². The molecule has 0 aliphatic carbocycles. The minimum absolute atomic E-state index is 0.248. The summed E-state index contributed by atoms with van der Waals surface area (Å²) in [5.41, 5.74) is 5.25. The predicted molar refractivity (Wildman–Crippen MR) is 84.2 cm³/mol. The van der Waals surface area contributed by atoms with Gasteiger partial charge in [-0.15, -0.1) is 0 Å². The minimum atomic E-state index is 0.248. The number of phenolic OH excluding ortho intramolecular Hbond substituents is 2. The van der Waals surface area contributed by atoms with E-state index in [0.717, 1.165) is 27.8 Å². The second-order valence-corrected chi connectivity index (χ2v) is 5.00. The highest BCUT2D eigenvalue weighted by Gasteiger charge is 2.10. The van der Waals surface area contributed by atoms with Crippen molar-refractivity contribution in [1.29, 1.82) is 0 Å². The molecule has 0 aliphatic heterocycles. The average molecular weight is 275 g/mol. The third-order valence-corrected chi connectivity index (χ3v) is 3.52. The average Bonchev–Trinajstić information content (AvgIpc) is 2.49. The molecule has 0 aromatic heterocycles. The molecule has 0 bridgehead atoms. The fourth-order valence-corrected chi connectivity index (χ4v) is 2.46. The summed E-state index contributed by atoms with van der Waals surface area (Å²) >= 11 is 0. The molecular weight excluding hydrogens is 260 g/mol. The van der Waals surface area contributed by atoms with Gasteiger partial charge < -0.3 is 10.2 Å². The van der Waals surface area contributed by atoms with Gasteiger partial charge in [0.15, 0.2) is 0 Å². The van der Waals surface area contributed by atoms with E-state index in [1.165, 1.54) is 0 Å². The molecule has 0 atom stereocenters. The molecule has 0 aliphatic rings. The van der Waals surface area contributed by atoms with Gasteiger partial charge in [0.2, 0.25) is 0 Å². The molecule has 103 valence electrons. The monoisotopic (exact) mass is 275 g/mol. The summed E-state index contributed by atoms with van der Waals surface area (Å²) in [6.45, 7) is 2.06. The standard InChI is InChI=1S/C19H15O2/c1-13-3-2-4-18(14-5-9-16(20)10-6-14)19(13)15-7-11-17(21)12-8-15/h2-3,5-12,20-21H,1H3. The third-order valence-electron chi connectivity index (χ3n) is 3.52. The number of benzene rings is 3. The van der Waals surface area contributed by atoms with Crippen molar-refractivity contribution in [3.63, 3.8) is 0 Å². The Hall–Kier alpha value is -2.74. The zero-order valence-electron chi connectivity index (χ0n) is 11.7. The Morgan fingerprint density at radius 2 is 1.24 bits per heavy atom. The van der Waals surface area contributed by atoms with Gasteiger partial charge in [-0.25, -0.2) is 0 Å². The van der Waals surface area contributed by atoms with Crippen molar-refractivity contribution in [2.75, 3.05) is 0 Å². The zero-order valence-corrected chi connectivity index (χ0v) is 11.7. The molecule has 0 amide bonds. The highest BCUT2D eigenvalue weighted by Crippen LogP contribution is 2.35. The number of aryl methyl sites for hydroxylation is 1. The van der Waals surface area contributed by atoms with Crippen LogP contribution in [0.25, 0.3) is 22.3 Å². The first kappa shape index (κ1) is 13.3. The lowest BCUT2D eigenvalue weighted by Gasteiger charge is -2.13. The maximum absolute atomic E-state index is 9.45. The largest absolute Gasteiger partial charge is 0.508 e. The van der Waals surface area contributed by atoms with E-state index in [9.17, 15) is 10.2 Å². The van der Waals surface area contributed by atoms with Crippen LogP contribution in [0.3, 0.4) is 0 Å². The van der Waals surface area contributed by atoms with Crippen molar-refractivity contribution < 1.29 is 10.2 Å². The molecule has 3 rings (SSSR count).